The number of piperidine rings is 1. The van der Waals surface area contributed by atoms with E-state index in [1.54, 1.807) is 7.11 Å². The lowest BCUT2D eigenvalue weighted by atomic mass is 10.0. The van der Waals surface area contributed by atoms with Crippen LogP contribution in [0.3, 0.4) is 0 Å². The summed E-state index contributed by atoms with van der Waals surface area (Å²) in [5, 5.41) is 6.23. The Morgan fingerprint density at radius 3 is 2.40 bits per heavy atom. The molecule has 2 N–H and O–H groups in total. The van der Waals surface area contributed by atoms with Crippen LogP contribution in [0.25, 0.3) is 0 Å². The highest BCUT2D eigenvalue weighted by molar-refractivity contribution is 6.00. The third-order valence-corrected chi connectivity index (χ3v) is 6.46. The summed E-state index contributed by atoms with van der Waals surface area (Å²) in [6.45, 7) is 4.12. The van der Waals surface area contributed by atoms with E-state index in [9.17, 15) is 9.59 Å². The fraction of sp³-hybridized carbons (Fsp3) is 0.310. The zero-order valence-electron chi connectivity index (χ0n) is 20.4. The molecule has 0 saturated carbocycles. The van der Waals surface area contributed by atoms with Gasteiger partial charge < -0.3 is 20.3 Å². The van der Waals surface area contributed by atoms with Gasteiger partial charge >= 0.3 is 0 Å². The quantitative estimate of drug-likeness (QED) is 0.512. The SMILES string of the molecule is COc1ccc(CCNC(=O)c2ccccc2N2CCC(NC(=O)c3cccc(C)c3)CC2)cc1. The van der Waals surface area contributed by atoms with Gasteiger partial charge in [-0.05, 0) is 68.1 Å². The third kappa shape index (κ3) is 6.41. The highest BCUT2D eigenvalue weighted by Gasteiger charge is 2.24. The number of carbonyl (C=O) groups excluding carboxylic acids is 2. The number of methoxy groups -OCH3 is 1. The molecule has 6 heteroatoms. The summed E-state index contributed by atoms with van der Waals surface area (Å²) in [5.74, 6) is 0.734. The Kier molecular flexibility index (Phi) is 8.03. The van der Waals surface area contributed by atoms with E-state index in [1.165, 1.54) is 0 Å². The molecule has 0 spiro atoms. The fourth-order valence-electron chi connectivity index (χ4n) is 4.47. The molecule has 0 atom stereocenters. The zero-order valence-corrected chi connectivity index (χ0v) is 20.4. The van der Waals surface area contributed by atoms with Crippen molar-refractivity contribution in [2.24, 2.45) is 0 Å². The van der Waals surface area contributed by atoms with Crippen molar-refractivity contribution in [3.05, 3.63) is 95.1 Å². The summed E-state index contributed by atoms with van der Waals surface area (Å²) in [6.07, 6.45) is 2.43. The minimum atomic E-state index is -0.0658. The van der Waals surface area contributed by atoms with Crippen molar-refractivity contribution in [3.8, 4) is 5.75 Å². The lowest BCUT2D eigenvalue weighted by Crippen LogP contribution is -2.45. The summed E-state index contributed by atoms with van der Waals surface area (Å²) in [6, 6.07) is 23.4. The molecule has 0 radical (unpaired) electrons. The minimum Gasteiger partial charge on any atom is -0.497 e. The van der Waals surface area contributed by atoms with Crippen LogP contribution in [0.1, 0.15) is 44.7 Å². The van der Waals surface area contributed by atoms with E-state index in [0.29, 0.717) is 17.7 Å². The maximum atomic E-state index is 13.0. The first-order valence-corrected chi connectivity index (χ1v) is 12.2. The lowest BCUT2D eigenvalue weighted by Gasteiger charge is -2.35. The van der Waals surface area contributed by atoms with Crippen molar-refractivity contribution in [1.82, 2.24) is 10.6 Å². The average molecular weight is 472 g/mol. The number of hydrogen-bond acceptors (Lipinski definition) is 4. The second-order valence-corrected chi connectivity index (χ2v) is 8.98. The Labute approximate surface area is 207 Å². The van der Waals surface area contributed by atoms with Crippen molar-refractivity contribution >= 4 is 17.5 Å². The average Bonchev–Trinajstić information content (AvgIpc) is 2.89. The van der Waals surface area contributed by atoms with Crippen molar-refractivity contribution in [2.75, 3.05) is 31.6 Å². The van der Waals surface area contributed by atoms with E-state index in [4.69, 9.17) is 4.74 Å². The van der Waals surface area contributed by atoms with Gasteiger partial charge in [0, 0.05) is 36.9 Å². The molecule has 3 aromatic carbocycles. The van der Waals surface area contributed by atoms with E-state index in [1.807, 2.05) is 79.7 Å². The number of rotatable bonds is 8. The van der Waals surface area contributed by atoms with Crippen LogP contribution in [-0.4, -0.2) is 44.6 Å². The molecule has 1 heterocycles. The van der Waals surface area contributed by atoms with Gasteiger partial charge in [-0.2, -0.15) is 0 Å². The van der Waals surface area contributed by atoms with E-state index < -0.39 is 0 Å². The number of nitrogens with one attached hydrogen (secondary N) is 2. The topological polar surface area (TPSA) is 70.7 Å². The molecule has 0 aliphatic carbocycles. The van der Waals surface area contributed by atoms with Crippen LogP contribution in [-0.2, 0) is 6.42 Å². The Morgan fingerprint density at radius 1 is 0.943 bits per heavy atom. The number of ether oxygens (including phenoxy) is 1. The molecule has 4 rings (SSSR count). The summed E-state index contributed by atoms with van der Waals surface area (Å²) in [7, 11) is 1.65. The zero-order chi connectivity index (χ0) is 24.6. The van der Waals surface area contributed by atoms with E-state index in [-0.39, 0.29) is 17.9 Å². The number of aryl methyl sites for hydroxylation is 1. The molecule has 0 bridgehead atoms. The van der Waals surface area contributed by atoms with E-state index in [2.05, 4.69) is 15.5 Å². The van der Waals surface area contributed by atoms with Gasteiger partial charge in [0.1, 0.15) is 5.75 Å². The van der Waals surface area contributed by atoms with Gasteiger partial charge in [0.2, 0.25) is 0 Å². The van der Waals surface area contributed by atoms with E-state index in [0.717, 1.165) is 54.9 Å². The molecule has 1 aliphatic heterocycles. The molecule has 1 aliphatic rings. The molecule has 2 amide bonds. The summed E-state index contributed by atoms with van der Waals surface area (Å²) < 4.78 is 5.20. The van der Waals surface area contributed by atoms with Crippen LogP contribution in [0.5, 0.6) is 5.75 Å². The monoisotopic (exact) mass is 471 g/mol. The Morgan fingerprint density at radius 2 is 1.69 bits per heavy atom. The standard InChI is InChI=1S/C29H33N3O3/c1-21-6-5-7-23(20-21)28(33)31-24-15-18-32(19-16-24)27-9-4-3-8-26(27)29(34)30-17-14-22-10-12-25(35-2)13-11-22/h3-13,20,24H,14-19H2,1-2H3,(H,30,34)(H,31,33). The van der Waals surface area contributed by atoms with Crippen LogP contribution in [0, 0.1) is 6.92 Å². The molecule has 0 unspecified atom stereocenters. The van der Waals surface area contributed by atoms with Gasteiger partial charge in [0.25, 0.3) is 11.8 Å². The van der Waals surface area contributed by atoms with Gasteiger partial charge in [0.05, 0.1) is 12.7 Å². The van der Waals surface area contributed by atoms with Crippen LogP contribution >= 0.6 is 0 Å². The maximum Gasteiger partial charge on any atom is 0.253 e. The number of amides is 2. The Hall–Kier alpha value is -3.80. The molecule has 0 aromatic heterocycles. The predicted octanol–water partition coefficient (Wildman–Crippen LogP) is 4.37. The van der Waals surface area contributed by atoms with Crippen molar-refractivity contribution in [1.29, 1.82) is 0 Å². The largest absolute Gasteiger partial charge is 0.497 e. The van der Waals surface area contributed by atoms with Crippen molar-refractivity contribution < 1.29 is 14.3 Å². The number of hydrogen-bond donors (Lipinski definition) is 2. The van der Waals surface area contributed by atoms with Gasteiger partial charge in [-0.3, -0.25) is 9.59 Å². The molecular weight excluding hydrogens is 438 g/mol. The Balaban J connectivity index is 1.30. The second kappa shape index (κ2) is 11.6. The molecular formula is C29H33N3O3. The summed E-state index contributed by atoms with van der Waals surface area (Å²) >= 11 is 0. The number of anilines is 1. The van der Waals surface area contributed by atoms with Crippen molar-refractivity contribution in [3.63, 3.8) is 0 Å². The van der Waals surface area contributed by atoms with Crippen LogP contribution in [0.4, 0.5) is 5.69 Å². The van der Waals surface area contributed by atoms with Gasteiger partial charge in [-0.1, -0.05) is 42.0 Å². The normalized spacial score (nSPS) is 13.8. The minimum absolute atomic E-state index is 0.0243. The molecule has 3 aromatic rings. The van der Waals surface area contributed by atoms with Crippen LogP contribution in [0.2, 0.25) is 0 Å². The van der Waals surface area contributed by atoms with Gasteiger partial charge in [-0.25, -0.2) is 0 Å². The first-order chi connectivity index (χ1) is 17.0. The highest BCUT2D eigenvalue weighted by atomic mass is 16.5. The van der Waals surface area contributed by atoms with Crippen LogP contribution < -0.4 is 20.3 Å². The predicted molar refractivity (Wildman–Crippen MR) is 139 cm³/mol. The third-order valence-electron chi connectivity index (χ3n) is 6.46. The molecule has 1 fully saturated rings. The summed E-state index contributed by atoms with van der Waals surface area (Å²) in [4.78, 5) is 27.8. The van der Waals surface area contributed by atoms with Crippen molar-refractivity contribution in [2.45, 2.75) is 32.2 Å². The molecule has 6 nitrogen and oxygen atoms in total. The highest BCUT2D eigenvalue weighted by Crippen LogP contribution is 2.24. The number of para-hydroxylation sites is 1. The number of nitrogens with zero attached hydrogens (tertiary/aromatic N) is 1. The first-order valence-electron chi connectivity index (χ1n) is 12.2. The first kappa shape index (κ1) is 24.3. The lowest BCUT2D eigenvalue weighted by molar-refractivity contribution is 0.0929. The maximum absolute atomic E-state index is 13.0. The fourth-order valence-corrected chi connectivity index (χ4v) is 4.47. The Bertz CT molecular complexity index is 1150. The smallest absolute Gasteiger partial charge is 0.253 e. The second-order valence-electron chi connectivity index (χ2n) is 8.98. The molecule has 182 valence electrons. The van der Waals surface area contributed by atoms with E-state index >= 15 is 0 Å². The number of carbonyl (C=O) groups is 2. The molecule has 1 saturated heterocycles. The number of benzene rings is 3. The van der Waals surface area contributed by atoms with Gasteiger partial charge in [0.15, 0.2) is 0 Å². The summed E-state index contributed by atoms with van der Waals surface area (Å²) in [5.41, 5.74) is 4.55. The van der Waals surface area contributed by atoms with Gasteiger partial charge in [-0.15, -0.1) is 0 Å². The van der Waals surface area contributed by atoms with Crippen LogP contribution in [0.15, 0.2) is 72.8 Å². The molecule has 35 heavy (non-hydrogen) atoms.